The Bertz CT molecular complexity index is 733. The average molecular weight is 334 g/mol. The van der Waals surface area contributed by atoms with Crippen molar-refractivity contribution >= 4 is 0 Å². The van der Waals surface area contributed by atoms with E-state index in [0.717, 1.165) is 5.56 Å². The van der Waals surface area contributed by atoms with Crippen molar-refractivity contribution in [1.82, 2.24) is 10.1 Å². The van der Waals surface area contributed by atoms with Gasteiger partial charge < -0.3 is 28.9 Å². The summed E-state index contributed by atoms with van der Waals surface area (Å²) in [6.07, 6.45) is -2.67. The molecule has 0 amide bonds. The summed E-state index contributed by atoms with van der Waals surface area (Å²) in [6, 6.07) is 9.19. The van der Waals surface area contributed by atoms with Crippen molar-refractivity contribution in [1.29, 1.82) is 0 Å². The summed E-state index contributed by atoms with van der Waals surface area (Å²) in [5.74, 6) is -0.665. The molecule has 1 aromatic heterocycles. The van der Waals surface area contributed by atoms with Gasteiger partial charge >= 0.3 is 0 Å². The summed E-state index contributed by atoms with van der Waals surface area (Å²) in [4.78, 5) is 4.29. The zero-order chi connectivity index (χ0) is 16.9. The van der Waals surface area contributed by atoms with Crippen molar-refractivity contribution in [2.75, 3.05) is 6.61 Å². The maximum Gasteiger partial charge on any atom is 0.258 e. The second-order valence-corrected chi connectivity index (χ2v) is 6.35. The average Bonchev–Trinajstić information content (AvgIpc) is 3.23. The molecule has 8 nitrogen and oxygen atoms in total. The molecule has 2 aliphatic rings. The van der Waals surface area contributed by atoms with Crippen LogP contribution in [0.3, 0.4) is 0 Å². The summed E-state index contributed by atoms with van der Waals surface area (Å²) in [5, 5.41) is 24.7. The zero-order valence-electron chi connectivity index (χ0n) is 13.2. The van der Waals surface area contributed by atoms with Crippen molar-refractivity contribution in [2.24, 2.45) is 0 Å². The molecule has 24 heavy (non-hydrogen) atoms. The number of rotatable bonds is 3. The van der Waals surface area contributed by atoms with Gasteiger partial charge in [0.05, 0.1) is 6.61 Å². The molecule has 0 radical (unpaired) electrons. The van der Waals surface area contributed by atoms with Gasteiger partial charge in [-0.1, -0.05) is 23.4 Å². The normalized spacial score (nSPS) is 34.4. The van der Waals surface area contributed by atoms with Crippen LogP contribution in [0.25, 0.3) is 11.5 Å². The predicted octanol–water partition coefficient (Wildman–Crippen LogP) is 0.793. The molecular weight excluding hydrogens is 316 g/mol. The monoisotopic (exact) mass is 334 g/mol. The molecule has 0 bridgehead atoms. The van der Waals surface area contributed by atoms with E-state index in [1.807, 2.05) is 30.3 Å². The molecule has 0 aliphatic carbocycles. The number of hydrogen-bond acceptors (Lipinski definition) is 8. The van der Waals surface area contributed by atoms with Gasteiger partial charge in [-0.15, -0.1) is 0 Å². The lowest BCUT2D eigenvalue weighted by Gasteiger charge is -2.29. The van der Waals surface area contributed by atoms with Gasteiger partial charge in [0.2, 0.25) is 5.82 Å². The van der Waals surface area contributed by atoms with Crippen LogP contribution < -0.4 is 0 Å². The van der Waals surface area contributed by atoms with Crippen LogP contribution in [0.2, 0.25) is 0 Å². The molecule has 2 aliphatic heterocycles. The van der Waals surface area contributed by atoms with Crippen molar-refractivity contribution in [3.8, 4) is 11.5 Å². The molecule has 4 atom stereocenters. The molecule has 4 rings (SSSR count). The Hall–Kier alpha value is -1.84. The van der Waals surface area contributed by atoms with E-state index in [4.69, 9.17) is 18.7 Å². The second-order valence-electron chi connectivity index (χ2n) is 6.35. The fraction of sp³-hybridized carbons (Fsp3) is 0.500. The minimum atomic E-state index is -1.77. The Balaban J connectivity index is 1.72. The minimum absolute atomic E-state index is 0.00537. The Morgan fingerprint density at radius 2 is 1.92 bits per heavy atom. The summed E-state index contributed by atoms with van der Waals surface area (Å²) >= 11 is 0. The third-order valence-electron chi connectivity index (χ3n) is 4.25. The van der Waals surface area contributed by atoms with Crippen molar-refractivity contribution < 1.29 is 28.9 Å². The van der Waals surface area contributed by atoms with Crippen LogP contribution in [0.4, 0.5) is 0 Å². The minimum Gasteiger partial charge on any atom is -0.394 e. The predicted molar refractivity (Wildman–Crippen MR) is 79.4 cm³/mol. The first-order valence-electron chi connectivity index (χ1n) is 7.68. The van der Waals surface area contributed by atoms with E-state index in [0.29, 0.717) is 0 Å². The van der Waals surface area contributed by atoms with Gasteiger partial charge in [0.1, 0.15) is 6.10 Å². The number of aliphatic hydroxyl groups excluding tert-OH is 1. The molecule has 2 N–H and O–H groups in total. The third-order valence-corrected chi connectivity index (χ3v) is 4.25. The van der Waals surface area contributed by atoms with Crippen molar-refractivity contribution in [3.63, 3.8) is 0 Å². The molecule has 3 heterocycles. The number of hydrogen-bond donors (Lipinski definition) is 2. The molecule has 0 spiro atoms. The molecule has 1 aromatic carbocycles. The van der Waals surface area contributed by atoms with E-state index in [2.05, 4.69) is 10.1 Å². The van der Waals surface area contributed by atoms with Gasteiger partial charge in [0.15, 0.2) is 23.8 Å². The van der Waals surface area contributed by atoms with Crippen LogP contribution in [0, 0.1) is 0 Å². The fourth-order valence-electron chi connectivity index (χ4n) is 3.11. The van der Waals surface area contributed by atoms with E-state index in [9.17, 15) is 10.2 Å². The van der Waals surface area contributed by atoms with Gasteiger partial charge in [0.25, 0.3) is 5.89 Å². The van der Waals surface area contributed by atoms with Gasteiger partial charge in [-0.3, -0.25) is 0 Å². The van der Waals surface area contributed by atoms with E-state index in [-0.39, 0.29) is 11.7 Å². The number of aromatic nitrogens is 2. The summed E-state index contributed by atoms with van der Waals surface area (Å²) in [7, 11) is 0. The van der Waals surface area contributed by atoms with Gasteiger partial charge in [0, 0.05) is 5.56 Å². The standard InChI is InChI=1S/C16H18N2O6/c1-15(2)22-11-13(23-15)21-10(8-19)16(11,20)14-17-12(24-18-14)9-6-4-3-5-7-9/h3-7,10-11,13,19-20H,8H2,1-2H3/t10-,11+,13-,16+/m1/s1. The van der Waals surface area contributed by atoms with Crippen LogP contribution in [0.1, 0.15) is 19.7 Å². The molecule has 0 saturated carbocycles. The number of ether oxygens (including phenoxy) is 3. The van der Waals surface area contributed by atoms with Crippen LogP contribution >= 0.6 is 0 Å². The van der Waals surface area contributed by atoms with Gasteiger partial charge in [-0.25, -0.2) is 0 Å². The Labute approximate surface area is 138 Å². The molecular formula is C16H18N2O6. The maximum absolute atomic E-state index is 11.2. The molecule has 2 aromatic rings. The van der Waals surface area contributed by atoms with Crippen molar-refractivity contribution in [3.05, 3.63) is 36.2 Å². The molecule has 2 fully saturated rings. The largest absolute Gasteiger partial charge is 0.394 e. The zero-order valence-corrected chi connectivity index (χ0v) is 13.2. The lowest BCUT2D eigenvalue weighted by atomic mass is 9.92. The van der Waals surface area contributed by atoms with E-state index in [1.165, 1.54) is 0 Å². The summed E-state index contributed by atoms with van der Waals surface area (Å²) in [6.45, 7) is 3.00. The first-order chi connectivity index (χ1) is 11.4. The van der Waals surface area contributed by atoms with Crippen LogP contribution in [0.5, 0.6) is 0 Å². The number of aliphatic hydroxyl groups is 2. The van der Waals surface area contributed by atoms with E-state index >= 15 is 0 Å². The Morgan fingerprint density at radius 3 is 2.62 bits per heavy atom. The molecule has 2 saturated heterocycles. The number of benzene rings is 1. The number of fused-ring (bicyclic) bond motifs is 1. The van der Waals surface area contributed by atoms with E-state index in [1.54, 1.807) is 13.8 Å². The van der Waals surface area contributed by atoms with Crippen LogP contribution in [0.15, 0.2) is 34.9 Å². The van der Waals surface area contributed by atoms with Crippen LogP contribution in [-0.2, 0) is 19.8 Å². The summed E-state index contributed by atoms with van der Waals surface area (Å²) < 4.78 is 22.2. The van der Waals surface area contributed by atoms with Crippen molar-refractivity contribution in [2.45, 2.75) is 43.7 Å². The van der Waals surface area contributed by atoms with E-state index < -0.39 is 36.5 Å². The quantitative estimate of drug-likeness (QED) is 0.848. The first kappa shape index (κ1) is 15.7. The maximum atomic E-state index is 11.2. The van der Waals surface area contributed by atoms with Gasteiger partial charge in [-0.05, 0) is 26.0 Å². The van der Waals surface area contributed by atoms with Crippen LogP contribution in [-0.4, -0.2) is 51.2 Å². The third kappa shape index (κ3) is 2.27. The highest BCUT2D eigenvalue weighted by atomic mass is 16.8. The molecule has 128 valence electrons. The van der Waals surface area contributed by atoms with Gasteiger partial charge in [-0.2, -0.15) is 4.98 Å². The molecule has 8 heteroatoms. The molecule has 0 unspecified atom stereocenters. The lowest BCUT2D eigenvalue weighted by molar-refractivity contribution is -0.237. The lowest BCUT2D eigenvalue weighted by Crippen LogP contribution is -2.48. The topological polar surface area (TPSA) is 107 Å². The SMILES string of the molecule is CC1(C)O[C@H]2O[C@H](CO)[C@@](O)(c3noc(-c4ccccc4)n3)[C@H]2O1. The smallest absolute Gasteiger partial charge is 0.258 e. The second kappa shape index (κ2) is 5.33. The fourth-order valence-corrected chi connectivity index (χ4v) is 3.11. The summed E-state index contributed by atoms with van der Waals surface area (Å²) in [5.41, 5.74) is -1.05. The highest BCUT2D eigenvalue weighted by Gasteiger charge is 2.65. The Kier molecular flexibility index (Phi) is 3.48. The Morgan fingerprint density at radius 1 is 1.17 bits per heavy atom. The first-order valence-corrected chi connectivity index (χ1v) is 7.68. The number of nitrogens with zero attached hydrogens (tertiary/aromatic N) is 2. The highest BCUT2D eigenvalue weighted by molar-refractivity contribution is 5.52. The highest BCUT2D eigenvalue weighted by Crippen LogP contribution is 2.47.